The third-order valence-corrected chi connectivity index (χ3v) is 3.47. The van der Waals surface area contributed by atoms with Crippen LogP contribution in [0.1, 0.15) is 52.9 Å². The molecule has 1 unspecified atom stereocenters. The van der Waals surface area contributed by atoms with Gasteiger partial charge in [0.1, 0.15) is 0 Å². The molecule has 1 aliphatic heterocycles. The van der Waals surface area contributed by atoms with Crippen molar-refractivity contribution in [3.05, 3.63) is 0 Å². The van der Waals surface area contributed by atoms with Gasteiger partial charge in [-0.15, -0.1) is 0 Å². The van der Waals surface area contributed by atoms with Crippen LogP contribution >= 0.6 is 0 Å². The molecule has 0 spiro atoms. The van der Waals surface area contributed by atoms with Crippen LogP contribution in [0.5, 0.6) is 6.01 Å². The van der Waals surface area contributed by atoms with E-state index < -0.39 is 0 Å². The van der Waals surface area contributed by atoms with Crippen molar-refractivity contribution < 1.29 is 4.74 Å². The minimum atomic E-state index is 0.0254. The van der Waals surface area contributed by atoms with E-state index in [0.29, 0.717) is 18.0 Å². The van der Waals surface area contributed by atoms with E-state index >= 15 is 0 Å². The standard InChI is InChI=1S/C14H25N5O/c1-4-7-11-8-5-6-9-19(11)13-16-12(15)17-14(18-13)20-10(2)3/h10-11H,4-9H2,1-3H3,(H2,15,16,17,18). The lowest BCUT2D eigenvalue weighted by Crippen LogP contribution is -2.40. The molecule has 2 heterocycles. The van der Waals surface area contributed by atoms with Crippen LogP contribution in [0.2, 0.25) is 0 Å². The summed E-state index contributed by atoms with van der Waals surface area (Å²) in [6.07, 6.45) is 5.99. The number of hydrogen-bond acceptors (Lipinski definition) is 6. The summed E-state index contributed by atoms with van der Waals surface area (Å²) in [5.74, 6) is 0.887. The van der Waals surface area contributed by atoms with E-state index in [2.05, 4.69) is 26.8 Å². The number of nitrogens with two attached hydrogens (primary N) is 1. The Labute approximate surface area is 120 Å². The van der Waals surface area contributed by atoms with Crippen molar-refractivity contribution in [1.29, 1.82) is 0 Å². The summed E-state index contributed by atoms with van der Waals surface area (Å²) in [7, 11) is 0. The first-order chi connectivity index (χ1) is 9.60. The monoisotopic (exact) mass is 279 g/mol. The Hall–Kier alpha value is -1.59. The summed E-state index contributed by atoms with van der Waals surface area (Å²) in [5, 5.41) is 0. The molecule has 1 aromatic heterocycles. The lowest BCUT2D eigenvalue weighted by Gasteiger charge is -2.35. The topological polar surface area (TPSA) is 77.2 Å². The second kappa shape index (κ2) is 6.72. The van der Waals surface area contributed by atoms with Crippen molar-refractivity contribution in [2.45, 2.75) is 65.0 Å². The van der Waals surface area contributed by atoms with E-state index in [-0.39, 0.29) is 12.1 Å². The third kappa shape index (κ3) is 3.71. The fourth-order valence-corrected chi connectivity index (χ4v) is 2.65. The highest BCUT2D eigenvalue weighted by Crippen LogP contribution is 2.26. The molecule has 20 heavy (non-hydrogen) atoms. The summed E-state index contributed by atoms with van der Waals surface area (Å²) >= 11 is 0. The Morgan fingerprint density at radius 1 is 1.30 bits per heavy atom. The van der Waals surface area contributed by atoms with Crippen LogP contribution in [0, 0.1) is 0 Å². The molecule has 2 rings (SSSR count). The molecule has 2 N–H and O–H groups in total. The Kier molecular flexibility index (Phi) is 4.98. The summed E-state index contributed by atoms with van der Waals surface area (Å²) in [5.41, 5.74) is 5.79. The van der Waals surface area contributed by atoms with E-state index in [1.807, 2.05) is 13.8 Å². The van der Waals surface area contributed by atoms with Gasteiger partial charge < -0.3 is 15.4 Å². The number of nitrogens with zero attached hydrogens (tertiary/aromatic N) is 4. The highest BCUT2D eigenvalue weighted by Gasteiger charge is 2.25. The van der Waals surface area contributed by atoms with Gasteiger partial charge in [0.25, 0.3) is 0 Å². The molecule has 0 bridgehead atoms. The van der Waals surface area contributed by atoms with Crippen LogP contribution in [0.25, 0.3) is 0 Å². The first kappa shape index (κ1) is 14.8. The molecule has 0 radical (unpaired) electrons. The van der Waals surface area contributed by atoms with Crippen LogP contribution < -0.4 is 15.4 Å². The lowest BCUT2D eigenvalue weighted by atomic mass is 9.99. The van der Waals surface area contributed by atoms with Gasteiger partial charge in [-0.3, -0.25) is 0 Å². The summed E-state index contributed by atoms with van der Waals surface area (Å²) in [6, 6.07) is 0.825. The average molecular weight is 279 g/mol. The van der Waals surface area contributed by atoms with Gasteiger partial charge in [-0.05, 0) is 39.5 Å². The highest BCUT2D eigenvalue weighted by atomic mass is 16.5. The molecule has 0 aliphatic carbocycles. The van der Waals surface area contributed by atoms with E-state index in [1.54, 1.807) is 0 Å². The molecule has 0 saturated carbocycles. The zero-order valence-electron chi connectivity index (χ0n) is 12.7. The van der Waals surface area contributed by atoms with Crippen molar-refractivity contribution in [2.24, 2.45) is 0 Å². The Morgan fingerprint density at radius 2 is 2.10 bits per heavy atom. The molecule has 0 amide bonds. The average Bonchev–Trinajstić information content (AvgIpc) is 2.38. The fraction of sp³-hybridized carbons (Fsp3) is 0.786. The maximum atomic E-state index is 5.79. The summed E-state index contributed by atoms with van der Waals surface area (Å²) in [4.78, 5) is 15.0. The molecule has 1 aliphatic rings. The van der Waals surface area contributed by atoms with Gasteiger partial charge in [0, 0.05) is 12.6 Å². The summed E-state index contributed by atoms with van der Waals surface area (Å²) < 4.78 is 5.55. The first-order valence-corrected chi connectivity index (χ1v) is 7.55. The second-order valence-corrected chi connectivity index (χ2v) is 5.57. The molecule has 1 atom stereocenters. The van der Waals surface area contributed by atoms with Gasteiger partial charge in [-0.25, -0.2) is 0 Å². The zero-order valence-corrected chi connectivity index (χ0v) is 12.7. The van der Waals surface area contributed by atoms with Crippen molar-refractivity contribution in [3.8, 4) is 6.01 Å². The van der Waals surface area contributed by atoms with Gasteiger partial charge in [-0.1, -0.05) is 13.3 Å². The number of rotatable bonds is 5. The van der Waals surface area contributed by atoms with Gasteiger partial charge in [0.05, 0.1) is 6.10 Å². The smallest absolute Gasteiger partial charge is 0.323 e. The number of ether oxygens (including phenoxy) is 1. The van der Waals surface area contributed by atoms with E-state index in [4.69, 9.17) is 10.5 Å². The Morgan fingerprint density at radius 3 is 2.80 bits per heavy atom. The second-order valence-electron chi connectivity index (χ2n) is 5.57. The summed E-state index contributed by atoms with van der Waals surface area (Å²) in [6.45, 7) is 7.08. The Balaban J connectivity index is 2.22. The fourth-order valence-electron chi connectivity index (χ4n) is 2.65. The molecular formula is C14H25N5O. The van der Waals surface area contributed by atoms with E-state index in [9.17, 15) is 0 Å². The van der Waals surface area contributed by atoms with Crippen molar-refractivity contribution in [3.63, 3.8) is 0 Å². The number of anilines is 2. The van der Waals surface area contributed by atoms with Crippen molar-refractivity contribution >= 4 is 11.9 Å². The molecule has 6 heteroatoms. The minimum absolute atomic E-state index is 0.0254. The maximum absolute atomic E-state index is 5.79. The number of piperidine rings is 1. The Bertz CT molecular complexity index is 436. The minimum Gasteiger partial charge on any atom is -0.461 e. The molecule has 6 nitrogen and oxygen atoms in total. The molecule has 112 valence electrons. The molecule has 1 saturated heterocycles. The SMILES string of the molecule is CCCC1CCCCN1c1nc(N)nc(OC(C)C)n1. The highest BCUT2D eigenvalue weighted by molar-refractivity contribution is 5.37. The van der Waals surface area contributed by atoms with Gasteiger partial charge in [0.2, 0.25) is 11.9 Å². The molecule has 0 aromatic carbocycles. The van der Waals surface area contributed by atoms with Crippen molar-refractivity contribution in [2.75, 3.05) is 17.2 Å². The van der Waals surface area contributed by atoms with Crippen LogP contribution in [0.4, 0.5) is 11.9 Å². The van der Waals surface area contributed by atoms with Gasteiger partial charge in [0.15, 0.2) is 0 Å². The van der Waals surface area contributed by atoms with Crippen LogP contribution in [0.15, 0.2) is 0 Å². The van der Waals surface area contributed by atoms with Crippen LogP contribution in [-0.2, 0) is 0 Å². The zero-order chi connectivity index (χ0) is 14.5. The van der Waals surface area contributed by atoms with Crippen molar-refractivity contribution in [1.82, 2.24) is 15.0 Å². The molecule has 1 fully saturated rings. The molecule has 1 aromatic rings. The normalized spacial score (nSPS) is 19.4. The predicted octanol–water partition coefficient (Wildman–Crippen LogP) is 2.40. The lowest BCUT2D eigenvalue weighted by molar-refractivity contribution is 0.221. The third-order valence-electron chi connectivity index (χ3n) is 3.47. The maximum Gasteiger partial charge on any atom is 0.323 e. The first-order valence-electron chi connectivity index (χ1n) is 7.55. The largest absolute Gasteiger partial charge is 0.461 e. The van der Waals surface area contributed by atoms with E-state index in [1.165, 1.54) is 19.3 Å². The predicted molar refractivity (Wildman–Crippen MR) is 79.9 cm³/mol. The number of hydrogen-bond donors (Lipinski definition) is 1. The quantitative estimate of drug-likeness (QED) is 0.891. The number of aromatic nitrogens is 3. The van der Waals surface area contributed by atoms with Crippen LogP contribution in [0.3, 0.4) is 0 Å². The van der Waals surface area contributed by atoms with Crippen LogP contribution in [-0.4, -0.2) is 33.6 Å². The number of nitrogen functional groups attached to an aromatic ring is 1. The molecular weight excluding hydrogens is 254 g/mol. The van der Waals surface area contributed by atoms with E-state index in [0.717, 1.165) is 19.4 Å². The van der Waals surface area contributed by atoms with Gasteiger partial charge in [-0.2, -0.15) is 15.0 Å². The van der Waals surface area contributed by atoms with Gasteiger partial charge >= 0.3 is 6.01 Å².